The predicted octanol–water partition coefficient (Wildman–Crippen LogP) is 3.28. The third kappa shape index (κ3) is 3.99. The van der Waals surface area contributed by atoms with Crippen molar-refractivity contribution < 1.29 is 15.0 Å². The molecule has 0 saturated carbocycles. The molecule has 0 fully saturated rings. The fourth-order valence-corrected chi connectivity index (χ4v) is 2.12. The van der Waals surface area contributed by atoms with E-state index in [1.54, 1.807) is 31.2 Å². The van der Waals surface area contributed by atoms with E-state index in [9.17, 15) is 15.0 Å². The molecule has 0 heterocycles. The van der Waals surface area contributed by atoms with Crippen molar-refractivity contribution in [2.75, 3.05) is 5.32 Å². The Morgan fingerprint density at radius 1 is 1.10 bits per heavy atom. The number of carboxylic acid groups (broad SMARTS) is 1. The van der Waals surface area contributed by atoms with E-state index in [0.717, 1.165) is 11.3 Å². The topological polar surface area (TPSA) is 69.6 Å². The van der Waals surface area contributed by atoms with Gasteiger partial charge in [0, 0.05) is 5.69 Å². The summed E-state index contributed by atoms with van der Waals surface area (Å²) in [5, 5.41) is 21.9. The van der Waals surface area contributed by atoms with E-state index < -0.39 is 11.5 Å². The second-order valence-electron chi connectivity index (χ2n) is 5.29. The number of anilines is 1. The molecule has 4 heteroatoms. The molecule has 0 spiro atoms. The molecule has 110 valence electrons. The summed E-state index contributed by atoms with van der Waals surface area (Å²) in [6, 6.07) is 16.1. The van der Waals surface area contributed by atoms with Crippen molar-refractivity contribution in [1.82, 2.24) is 0 Å². The third-order valence-corrected chi connectivity index (χ3v) is 3.52. The van der Waals surface area contributed by atoms with E-state index in [0.29, 0.717) is 12.8 Å². The number of carbonyl (C=O) groups is 1. The lowest BCUT2D eigenvalue weighted by molar-refractivity contribution is -0.141. The predicted molar refractivity (Wildman–Crippen MR) is 82.5 cm³/mol. The summed E-state index contributed by atoms with van der Waals surface area (Å²) in [4.78, 5) is 11.6. The van der Waals surface area contributed by atoms with Crippen molar-refractivity contribution in [2.24, 2.45) is 0 Å². The highest BCUT2D eigenvalue weighted by atomic mass is 16.4. The van der Waals surface area contributed by atoms with Gasteiger partial charge in [0.05, 0.1) is 0 Å². The summed E-state index contributed by atoms with van der Waals surface area (Å²) in [6.07, 6.45) is 1.06. The summed E-state index contributed by atoms with van der Waals surface area (Å²) in [5.74, 6) is -0.674. The van der Waals surface area contributed by atoms with Gasteiger partial charge in [0.1, 0.15) is 11.3 Å². The summed E-state index contributed by atoms with van der Waals surface area (Å²) < 4.78 is 0. The van der Waals surface area contributed by atoms with Crippen molar-refractivity contribution >= 4 is 11.7 Å². The Kier molecular flexibility index (Phi) is 4.48. The maximum atomic E-state index is 11.6. The van der Waals surface area contributed by atoms with Crippen LogP contribution in [0.25, 0.3) is 0 Å². The van der Waals surface area contributed by atoms with Crippen LogP contribution in [0.15, 0.2) is 54.6 Å². The first-order chi connectivity index (χ1) is 9.99. The minimum Gasteiger partial charge on any atom is -0.508 e. The normalized spacial score (nSPS) is 13.4. The Balaban J connectivity index is 2.07. The Bertz CT molecular complexity index is 595. The van der Waals surface area contributed by atoms with E-state index in [2.05, 4.69) is 5.32 Å². The van der Waals surface area contributed by atoms with Gasteiger partial charge in [-0.2, -0.15) is 0 Å². The van der Waals surface area contributed by atoms with Crippen molar-refractivity contribution in [3.63, 3.8) is 0 Å². The Morgan fingerprint density at radius 3 is 2.29 bits per heavy atom. The number of nitrogens with one attached hydrogen (secondary N) is 1. The maximum Gasteiger partial charge on any atom is 0.329 e. The molecular weight excluding hydrogens is 266 g/mol. The SMILES string of the molecule is CC(CCc1ccc(O)cc1)(Nc1ccccc1)C(=O)O. The zero-order valence-corrected chi connectivity index (χ0v) is 11.9. The second kappa shape index (κ2) is 6.31. The van der Waals surface area contributed by atoms with E-state index >= 15 is 0 Å². The van der Waals surface area contributed by atoms with Gasteiger partial charge < -0.3 is 15.5 Å². The molecule has 2 rings (SSSR count). The quantitative estimate of drug-likeness (QED) is 0.762. The van der Waals surface area contributed by atoms with Crippen molar-refractivity contribution in [3.05, 3.63) is 60.2 Å². The average molecular weight is 285 g/mol. The molecule has 2 aromatic carbocycles. The molecule has 1 unspecified atom stereocenters. The molecule has 0 aliphatic rings. The first-order valence-electron chi connectivity index (χ1n) is 6.84. The summed E-state index contributed by atoms with van der Waals surface area (Å²) in [5.41, 5.74) is 0.738. The van der Waals surface area contributed by atoms with Crippen LogP contribution in [-0.4, -0.2) is 21.7 Å². The fraction of sp³-hybridized carbons (Fsp3) is 0.235. The number of aromatic hydroxyl groups is 1. The number of phenolic OH excluding ortho intramolecular Hbond substituents is 1. The summed E-state index contributed by atoms with van der Waals surface area (Å²) in [7, 11) is 0. The van der Waals surface area contributed by atoms with Gasteiger partial charge in [-0.25, -0.2) is 4.79 Å². The van der Waals surface area contributed by atoms with E-state index in [1.807, 2.05) is 30.3 Å². The van der Waals surface area contributed by atoms with E-state index in [-0.39, 0.29) is 5.75 Å². The molecule has 0 aliphatic heterocycles. The minimum atomic E-state index is -1.04. The number of carboxylic acids is 1. The highest BCUT2D eigenvalue weighted by Crippen LogP contribution is 2.22. The fourth-order valence-electron chi connectivity index (χ4n) is 2.12. The minimum absolute atomic E-state index is 0.210. The molecule has 0 radical (unpaired) electrons. The Labute approximate surface area is 124 Å². The first kappa shape index (κ1) is 14.9. The smallest absolute Gasteiger partial charge is 0.329 e. The van der Waals surface area contributed by atoms with Crippen LogP contribution in [0.3, 0.4) is 0 Å². The molecule has 0 amide bonds. The van der Waals surface area contributed by atoms with Crippen LogP contribution in [0, 0.1) is 0 Å². The molecule has 3 N–H and O–H groups in total. The number of aliphatic carboxylic acids is 1. The summed E-state index contributed by atoms with van der Waals surface area (Å²) in [6.45, 7) is 1.68. The number of hydrogen-bond acceptors (Lipinski definition) is 3. The molecule has 0 aliphatic carbocycles. The lowest BCUT2D eigenvalue weighted by Crippen LogP contribution is -2.43. The number of aryl methyl sites for hydroxylation is 1. The highest BCUT2D eigenvalue weighted by Gasteiger charge is 2.32. The third-order valence-electron chi connectivity index (χ3n) is 3.52. The van der Waals surface area contributed by atoms with Crippen molar-refractivity contribution in [3.8, 4) is 5.75 Å². The maximum absolute atomic E-state index is 11.6. The van der Waals surface area contributed by atoms with Crippen LogP contribution >= 0.6 is 0 Å². The molecule has 2 aromatic rings. The number of phenols is 1. The molecule has 4 nitrogen and oxygen atoms in total. The Morgan fingerprint density at radius 2 is 1.71 bits per heavy atom. The largest absolute Gasteiger partial charge is 0.508 e. The van der Waals surface area contributed by atoms with Crippen LogP contribution in [0.1, 0.15) is 18.9 Å². The monoisotopic (exact) mass is 285 g/mol. The lowest BCUT2D eigenvalue weighted by Gasteiger charge is -2.27. The van der Waals surface area contributed by atoms with Gasteiger partial charge in [0.25, 0.3) is 0 Å². The van der Waals surface area contributed by atoms with Crippen molar-refractivity contribution in [1.29, 1.82) is 0 Å². The highest BCUT2D eigenvalue weighted by molar-refractivity contribution is 5.82. The van der Waals surface area contributed by atoms with Crippen molar-refractivity contribution in [2.45, 2.75) is 25.3 Å². The first-order valence-corrected chi connectivity index (χ1v) is 6.84. The van der Waals surface area contributed by atoms with Gasteiger partial charge in [-0.3, -0.25) is 0 Å². The molecular formula is C17H19NO3. The van der Waals surface area contributed by atoms with E-state index in [4.69, 9.17) is 0 Å². The van der Waals surface area contributed by atoms with Crippen LogP contribution in [0.2, 0.25) is 0 Å². The van der Waals surface area contributed by atoms with E-state index in [1.165, 1.54) is 0 Å². The molecule has 0 bridgehead atoms. The van der Waals surface area contributed by atoms with Gasteiger partial charge in [0.2, 0.25) is 0 Å². The number of para-hydroxylation sites is 1. The summed E-state index contributed by atoms with van der Waals surface area (Å²) >= 11 is 0. The second-order valence-corrected chi connectivity index (χ2v) is 5.29. The van der Waals surface area contributed by atoms with Gasteiger partial charge in [0.15, 0.2) is 0 Å². The Hall–Kier alpha value is -2.49. The number of benzene rings is 2. The molecule has 21 heavy (non-hydrogen) atoms. The standard InChI is InChI=1S/C17H19NO3/c1-17(16(20)21,18-14-5-3-2-4-6-14)12-11-13-7-9-15(19)10-8-13/h2-10,18-19H,11-12H2,1H3,(H,20,21). The van der Waals surface area contributed by atoms with Crippen LogP contribution in [0.5, 0.6) is 5.75 Å². The van der Waals surface area contributed by atoms with Gasteiger partial charge in [-0.1, -0.05) is 30.3 Å². The van der Waals surface area contributed by atoms with Gasteiger partial charge in [-0.05, 0) is 49.6 Å². The van der Waals surface area contributed by atoms with Gasteiger partial charge in [-0.15, -0.1) is 0 Å². The van der Waals surface area contributed by atoms with Crippen LogP contribution in [0.4, 0.5) is 5.69 Å². The lowest BCUT2D eigenvalue weighted by atomic mass is 9.93. The number of hydrogen-bond donors (Lipinski definition) is 3. The van der Waals surface area contributed by atoms with Crippen LogP contribution < -0.4 is 5.32 Å². The number of rotatable bonds is 6. The zero-order valence-electron chi connectivity index (χ0n) is 11.9. The van der Waals surface area contributed by atoms with Gasteiger partial charge >= 0.3 is 5.97 Å². The average Bonchev–Trinajstić information content (AvgIpc) is 2.47. The molecule has 1 atom stereocenters. The zero-order chi connectivity index (χ0) is 15.3. The van der Waals surface area contributed by atoms with Crippen LogP contribution in [-0.2, 0) is 11.2 Å². The molecule has 0 saturated heterocycles. The molecule has 0 aromatic heterocycles.